The number of nitro groups is 1. The van der Waals surface area contributed by atoms with E-state index in [0.717, 1.165) is 0 Å². The predicted molar refractivity (Wildman–Crippen MR) is 56.9 cm³/mol. The summed E-state index contributed by atoms with van der Waals surface area (Å²) in [5.74, 6) is -0.377. The number of nitrogens with zero attached hydrogens (tertiary/aromatic N) is 1. The minimum atomic E-state index is -0.830. The molecule has 6 heteroatoms. The highest BCUT2D eigenvalue weighted by molar-refractivity contribution is 6.32. The van der Waals surface area contributed by atoms with Gasteiger partial charge in [-0.15, -0.1) is 6.58 Å². The Balaban J connectivity index is 3.48. The second-order valence-corrected chi connectivity index (χ2v) is 3.25. The van der Waals surface area contributed by atoms with Gasteiger partial charge in [-0.1, -0.05) is 17.7 Å². The van der Waals surface area contributed by atoms with Crippen molar-refractivity contribution in [2.75, 3.05) is 0 Å². The van der Waals surface area contributed by atoms with Gasteiger partial charge in [0.05, 0.1) is 21.6 Å². The van der Waals surface area contributed by atoms with Crippen LogP contribution in [0.1, 0.15) is 11.6 Å². The SMILES string of the molecule is C=C[C@H](N)c1c([N+](=O)[O-])ccc(Cl)c1O. The number of halogens is 1. The van der Waals surface area contributed by atoms with E-state index >= 15 is 0 Å². The van der Waals surface area contributed by atoms with Crippen molar-refractivity contribution < 1.29 is 10.0 Å². The number of nitrogens with two attached hydrogens (primary N) is 1. The molecule has 0 aliphatic carbocycles. The van der Waals surface area contributed by atoms with Crippen molar-refractivity contribution in [3.63, 3.8) is 0 Å². The summed E-state index contributed by atoms with van der Waals surface area (Å²) < 4.78 is 0. The fourth-order valence-electron chi connectivity index (χ4n) is 1.18. The Hall–Kier alpha value is -1.59. The zero-order valence-electron chi connectivity index (χ0n) is 7.68. The molecule has 0 aromatic heterocycles. The van der Waals surface area contributed by atoms with E-state index in [4.69, 9.17) is 17.3 Å². The van der Waals surface area contributed by atoms with Gasteiger partial charge < -0.3 is 10.8 Å². The maximum Gasteiger partial charge on any atom is 0.278 e. The lowest BCUT2D eigenvalue weighted by Gasteiger charge is -2.10. The van der Waals surface area contributed by atoms with Crippen molar-refractivity contribution in [1.82, 2.24) is 0 Å². The van der Waals surface area contributed by atoms with Gasteiger partial charge in [-0.05, 0) is 6.07 Å². The predicted octanol–water partition coefficient (Wildman–Crippen LogP) is 2.14. The Morgan fingerprint density at radius 2 is 2.27 bits per heavy atom. The lowest BCUT2D eigenvalue weighted by Crippen LogP contribution is -2.09. The first-order valence-corrected chi connectivity index (χ1v) is 4.40. The minimum Gasteiger partial charge on any atom is -0.506 e. The van der Waals surface area contributed by atoms with Crippen LogP contribution in [0.15, 0.2) is 24.8 Å². The number of aromatic hydroxyl groups is 1. The molecule has 0 saturated carbocycles. The number of nitro benzene ring substituents is 1. The molecule has 3 N–H and O–H groups in total. The average Bonchev–Trinajstić information content (AvgIpc) is 2.20. The van der Waals surface area contributed by atoms with E-state index in [2.05, 4.69) is 6.58 Å². The van der Waals surface area contributed by atoms with Crippen LogP contribution < -0.4 is 5.73 Å². The number of phenolic OH excluding ortho intramolecular Hbond substituents is 1. The molecule has 0 spiro atoms. The topological polar surface area (TPSA) is 89.4 Å². The van der Waals surface area contributed by atoms with E-state index in [0.29, 0.717) is 0 Å². The Morgan fingerprint density at radius 3 is 2.73 bits per heavy atom. The first-order chi connectivity index (χ1) is 6.99. The molecule has 0 aliphatic rings. The molecule has 0 aliphatic heterocycles. The molecule has 1 rings (SSSR count). The summed E-state index contributed by atoms with van der Waals surface area (Å²) >= 11 is 5.63. The molecule has 0 bridgehead atoms. The van der Waals surface area contributed by atoms with Gasteiger partial charge in [-0.3, -0.25) is 10.1 Å². The number of hydrogen-bond acceptors (Lipinski definition) is 4. The van der Waals surface area contributed by atoms with Crippen LogP contribution in [-0.2, 0) is 0 Å². The molecular formula is C9H9ClN2O3. The minimum absolute atomic E-state index is 0.0212. The summed E-state index contributed by atoms with van der Waals surface area (Å²) in [4.78, 5) is 10.0. The van der Waals surface area contributed by atoms with E-state index in [1.807, 2.05) is 0 Å². The van der Waals surface area contributed by atoms with Crippen LogP contribution >= 0.6 is 11.6 Å². The standard InChI is InChI=1S/C9H9ClN2O3/c1-2-6(11)8-7(12(14)15)4-3-5(10)9(8)13/h2-4,6,13H,1,11H2/t6-/m0/s1. The third-order valence-electron chi connectivity index (χ3n) is 1.93. The van der Waals surface area contributed by atoms with Crippen molar-refractivity contribution in [3.05, 3.63) is 45.5 Å². The summed E-state index contributed by atoms with van der Waals surface area (Å²) in [6, 6.07) is 1.61. The largest absolute Gasteiger partial charge is 0.506 e. The summed E-state index contributed by atoms with van der Waals surface area (Å²) in [5.41, 5.74) is 5.26. The third kappa shape index (κ3) is 2.08. The van der Waals surface area contributed by atoms with E-state index in [-0.39, 0.29) is 22.0 Å². The molecule has 0 amide bonds. The van der Waals surface area contributed by atoms with E-state index in [1.54, 1.807) is 0 Å². The van der Waals surface area contributed by atoms with Crippen LogP contribution in [0.5, 0.6) is 5.75 Å². The maximum absolute atomic E-state index is 10.7. The van der Waals surface area contributed by atoms with Crippen molar-refractivity contribution in [3.8, 4) is 5.75 Å². The molecule has 15 heavy (non-hydrogen) atoms. The van der Waals surface area contributed by atoms with Crippen molar-refractivity contribution in [1.29, 1.82) is 0 Å². The average molecular weight is 229 g/mol. The Bertz CT molecular complexity index is 420. The van der Waals surface area contributed by atoms with Crippen LogP contribution in [0.4, 0.5) is 5.69 Å². The molecule has 5 nitrogen and oxygen atoms in total. The molecule has 1 aromatic rings. The number of phenols is 1. The van der Waals surface area contributed by atoms with Crippen LogP contribution in [0.3, 0.4) is 0 Å². The monoisotopic (exact) mass is 228 g/mol. The molecule has 0 fully saturated rings. The van der Waals surface area contributed by atoms with Gasteiger partial charge in [0, 0.05) is 6.07 Å². The number of rotatable bonds is 3. The summed E-state index contributed by atoms with van der Waals surface area (Å²) in [7, 11) is 0. The second kappa shape index (κ2) is 4.29. The highest BCUT2D eigenvalue weighted by Crippen LogP contribution is 2.37. The van der Waals surface area contributed by atoms with Crippen LogP contribution in [0.2, 0.25) is 5.02 Å². The normalized spacial score (nSPS) is 12.1. The molecule has 0 saturated heterocycles. The molecule has 0 unspecified atom stereocenters. The van der Waals surface area contributed by atoms with E-state index < -0.39 is 11.0 Å². The molecule has 80 valence electrons. The van der Waals surface area contributed by atoms with Gasteiger partial charge in [0.1, 0.15) is 5.75 Å². The third-order valence-corrected chi connectivity index (χ3v) is 2.23. The van der Waals surface area contributed by atoms with E-state index in [1.165, 1.54) is 18.2 Å². The summed E-state index contributed by atoms with van der Waals surface area (Å²) in [5, 5.41) is 20.3. The number of benzene rings is 1. The summed E-state index contributed by atoms with van der Waals surface area (Å²) in [6.45, 7) is 3.41. The highest BCUT2D eigenvalue weighted by atomic mass is 35.5. The summed E-state index contributed by atoms with van der Waals surface area (Å²) in [6.07, 6.45) is 1.29. The van der Waals surface area contributed by atoms with Crippen LogP contribution in [0.25, 0.3) is 0 Å². The molecule has 1 atom stereocenters. The lowest BCUT2D eigenvalue weighted by atomic mass is 10.0. The van der Waals surface area contributed by atoms with Gasteiger partial charge in [-0.25, -0.2) is 0 Å². The highest BCUT2D eigenvalue weighted by Gasteiger charge is 2.23. The maximum atomic E-state index is 10.7. The molecular weight excluding hydrogens is 220 g/mol. The number of hydrogen-bond donors (Lipinski definition) is 2. The molecule has 0 radical (unpaired) electrons. The second-order valence-electron chi connectivity index (χ2n) is 2.85. The zero-order valence-corrected chi connectivity index (χ0v) is 8.44. The van der Waals surface area contributed by atoms with Gasteiger partial charge >= 0.3 is 0 Å². The Morgan fingerprint density at radius 1 is 1.67 bits per heavy atom. The van der Waals surface area contributed by atoms with Gasteiger partial charge in [0.15, 0.2) is 0 Å². The van der Waals surface area contributed by atoms with E-state index in [9.17, 15) is 15.2 Å². The fourth-order valence-corrected chi connectivity index (χ4v) is 1.34. The van der Waals surface area contributed by atoms with Crippen molar-refractivity contribution in [2.24, 2.45) is 5.73 Å². The van der Waals surface area contributed by atoms with Crippen molar-refractivity contribution in [2.45, 2.75) is 6.04 Å². The smallest absolute Gasteiger partial charge is 0.278 e. The molecule has 0 heterocycles. The first kappa shape index (κ1) is 11.5. The Kier molecular flexibility index (Phi) is 3.28. The quantitative estimate of drug-likeness (QED) is 0.471. The van der Waals surface area contributed by atoms with Crippen LogP contribution in [0, 0.1) is 10.1 Å². The lowest BCUT2D eigenvalue weighted by molar-refractivity contribution is -0.385. The van der Waals surface area contributed by atoms with Crippen molar-refractivity contribution >= 4 is 17.3 Å². The van der Waals surface area contributed by atoms with Gasteiger partial charge in [0.2, 0.25) is 0 Å². The molecule has 1 aromatic carbocycles. The Labute approximate surface area is 90.9 Å². The van der Waals surface area contributed by atoms with Crippen LogP contribution in [-0.4, -0.2) is 10.0 Å². The van der Waals surface area contributed by atoms with Gasteiger partial charge in [0.25, 0.3) is 5.69 Å². The fraction of sp³-hybridized carbons (Fsp3) is 0.111. The first-order valence-electron chi connectivity index (χ1n) is 4.03. The van der Waals surface area contributed by atoms with Gasteiger partial charge in [-0.2, -0.15) is 0 Å². The zero-order chi connectivity index (χ0) is 11.6.